The minimum absolute atomic E-state index is 0.207. The Bertz CT molecular complexity index is 431. The van der Waals surface area contributed by atoms with Crippen LogP contribution in [-0.4, -0.2) is 18.5 Å². The van der Waals surface area contributed by atoms with Crippen LogP contribution < -0.4 is 0 Å². The third-order valence-corrected chi connectivity index (χ3v) is 3.22. The van der Waals surface area contributed by atoms with Crippen molar-refractivity contribution in [1.29, 1.82) is 0 Å². The Morgan fingerprint density at radius 1 is 1.50 bits per heavy atom. The molecule has 2 rings (SSSR count). The minimum Gasteiger partial charge on any atom is -0.475 e. The monoisotopic (exact) mass is 285 g/mol. The van der Waals surface area contributed by atoms with Crippen LogP contribution in [-0.2, 0) is 4.74 Å². The zero-order chi connectivity index (χ0) is 11.7. The van der Waals surface area contributed by atoms with Crippen molar-refractivity contribution in [1.82, 2.24) is 0 Å². The maximum absolute atomic E-state index is 13.1. The molecule has 1 aliphatic rings. The number of hydrogen-bond acceptors (Lipinski definition) is 2. The zero-order valence-corrected chi connectivity index (χ0v) is 10.8. The van der Waals surface area contributed by atoms with Gasteiger partial charge < -0.3 is 4.74 Å². The molecule has 4 heteroatoms. The fraction of sp³-hybridized carbons (Fsp3) is 0.417. The van der Waals surface area contributed by atoms with Gasteiger partial charge in [0.05, 0.1) is 10.5 Å². The molecule has 86 valence electrons. The normalized spacial score (nSPS) is 19.8. The predicted octanol–water partition coefficient (Wildman–Crippen LogP) is 3.39. The summed E-state index contributed by atoms with van der Waals surface area (Å²) in [5.74, 6) is 0.795. The number of aliphatic imine (C=N–C) groups is 1. The van der Waals surface area contributed by atoms with E-state index in [1.165, 1.54) is 6.07 Å². The molecule has 1 aromatic carbocycles. The Kier molecular flexibility index (Phi) is 3.28. The van der Waals surface area contributed by atoms with Crippen LogP contribution in [0.1, 0.15) is 19.4 Å². The van der Waals surface area contributed by atoms with Gasteiger partial charge in [-0.05, 0) is 40.0 Å². The van der Waals surface area contributed by atoms with Gasteiger partial charge in [0.15, 0.2) is 0 Å². The van der Waals surface area contributed by atoms with Crippen molar-refractivity contribution in [2.45, 2.75) is 19.9 Å². The summed E-state index contributed by atoms with van der Waals surface area (Å²) < 4.78 is 19.0. The molecule has 0 saturated heterocycles. The van der Waals surface area contributed by atoms with Crippen molar-refractivity contribution in [3.63, 3.8) is 0 Å². The van der Waals surface area contributed by atoms with E-state index in [2.05, 4.69) is 34.8 Å². The lowest BCUT2D eigenvalue weighted by molar-refractivity contribution is 0.292. The summed E-state index contributed by atoms with van der Waals surface area (Å²) in [7, 11) is 0. The highest BCUT2D eigenvalue weighted by Gasteiger charge is 2.22. The molecular weight excluding hydrogens is 273 g/mol. The highest BCUT2D eigenvalue weighted by Crippen LogP contribution is 2.21. The Hall–Kier alpha value is -0.900. The number of rotatable bonds is 2. The molecule has 1 heterocycles. The quantitative estimate of drug-likeness (QED) is 0.816. The van der Waals surface area contributed by atoms with E-state index in [-0.39, 0.29) is 11.9 Å². The second-order valence-corrected chi connectivity index (χ2v) is 5.04. The SMILES string of the molecule is CC(C)[C@H]1COC(c2ccc(F)c(Br)c2)=N1. The summed E-state index contributed by atoms with van der Waals surface area (Å²) in [5, 5.41) is 0. The van der Waals surface area contributed by atoms with E-state index in [0.29, 0.717) is 22.9 Å². The molecule has 0 saturated carbocycles. The van der Waals surface area contributed by atoms with Crippen molar-refractivity contribution >= 4 is 21.8 Å². The van der Waals surface area contributed by atoms with Gasteiger partial charge in [-0.1, -0.05) is 13.8 Å². The summed E-state index contributed by atoms with van der Waals surface area (Å²) in [6, 6.07) is 4.99. The molecule has 1 atom stereocenters. The fourth-order valence-electron chi connectivity index (χ4n) is 1.52. The van der Waals surface area contributed by atoms with Crippen molar-refractivity contribution < 1.29 is 9.13 Å². The summed E-state index contributed by atoms with van der Waals surface area (Å²) in [6.07, 6.45) is 0. The lowest BCUT2D eigenvalue weighted by Gasteiger charge is -2.06. The smallest absolute Gasteiger partial charge is 0.216 e. The molecule has 0 amide bonds. The number of halogens is 2. The number of nitrogens with zero attached hydrogens (tertiary/aromatic N) is 1. The van der Waals surface area contributed by atoms with E-state index in [1.54, 1.807) is 12.1 Å². The zero-order valence-electron chi connectivity index (χ0n) is 9.21. The van der Waals surface area contributed by atoms with Crippen LogP contribution in [0.25, 0.3) is 0 Å². The first-order chi connectivity index (χ1) is 7.58. The third-order valence-electron chi connectivity index (χ3n) is 2.61. The molecule has 1 aliphatic heterocycles. The van der Waals surface area contributed by atoms with Crippen LogP contribution in [0, 0.1) is 11.7 Å². The van der Waals surface area contributed by atoms with Crippen LogP contribution in [0.15, 0.2) is 27.7 Å². The molecule has 0 N–H and O–H groups in total. The van der Waals surface area contributed by atoms with E-state index < -0.39 is 0 Å². The molecule has 1 aromatic rings. The summed E-state index contributed by atoms with van der Waals surface area (Å²) in [5.41, 5.74) is 0.816. The van der Waals surface area contributed by atoms with Crippen molar-refractivity contribution in [2.75, 3.05) is 6.61 Å². The first-order valence-corrected chi connectivity index (χ1v) is 6.03. The number of benzene rings is 1. The molecule has 2 nitrogen and oxygen atoms in total. The first-order valence-electron chi connectivity index (χ1n) is 5.24. The van der Waals surface area contributed by atoms with Crippen LogP contribution in [0.4, 0.5) is 4.39 Å². The summed E-state index contributed by atoms with van der Waals surface area (Å²) >= 11 is 3.15. The minimum atomic E-state index is -0.275. The van der Waals surface area contributed by atoms with E-state index >= 15 is 0 Å². The highest BCUT2D eigenvalue weighted by atomic mass is 79.9. The largest absolute Gasteiger partial charge is 0.475 e. The Balaban J connectivity index is 2.25. The number of ether oxygens (including phenoxy) is 1. The van der Waals surface area contributed by atoms with Gasteiger partial charge in [-0.25, -0.2) is 9.38 Å². The van der Waals surface area contributed by atoms with Crippen molar-refractivity contribution in [3.8, 4) is 0 Å². The molecule has 0 unspecified atom stereocenters. The summed E-state index contributed by atoms with van der Waals surface area (Å²) in [6.45, 7) is 4.84. The molecule has 0 bridgehead atoms. The lowest BCUT2D eigenvalue weighted by atomic mass is 10.1. The van der Waals surface area contributed by atoms with Gasteiger partial charge in [-0.15, -0.1) is 0 Å². The second-order valence-electron chi connectivity index (χ2n) is 4.19. The van der Waals surface area contributed by atoms with Crippen LogP contribution >= 0.6 is 15.9 Å². The molecule has 0 radical (unpaired) electrons. The second kappa shape index (κ2) is 4.53. The van der Waals surface area contributed by atoms with Gasteiger partial charge in [0.2, 0.25) is 5.90 Å². The Labute approximate surface area is 103 Å². The molecule has 0 fully saturated rings. The molecular formula is C12H13BrFNO. The van der Waals surface area contributed by atoms with Crippen molar-refractivity contribution in [3.05, 3.63) is 34.1 Å². The molecule has 16 heavy (non-hydrogen) atoms. The number of hydrogen-bond donors (Lipinski definition) is 0. The van der Waals surface area contributed by atoms with Gasteiger partial charge in [0.1, 0.15) is 12.4 Å². The van der Waals surface area contributed by atoms with Gasteiger partial charge in [0.25, 0.3) is 0 Å². The maximum Gasteiger partial charge on any atom is 0.216 e. The highest BCUT2D eigenvalue weighted by molar-refractivity contribution is 9.10. The van der Waals surface area contributed by atoms with E-state index in [9.17, 15) is 4.39 Å². The average molecular weight is 286 g/mol. The van der Waals surface area contributed by atoms with Gasteiger partial charge in [-0.3, -0.25) is 0 Å². The van der Waals surface area contributed by atoms with E-state index in [4.69, 9.17) is 4.74 Å². The maximum atomic E-state index is 13.1. The lowest BCUT2D eigenvalue weighted by Crippen LogP contribution is -2.13. The molecule has 0 spiro atoms. The molecule has 0 aromatic heterocycles. The topological polar surface area (TPSA) is 21.6 Å². The predicted molar refractivity (Wildman–Crippen MR) is 65.2 cm³/mol. The van der Waals surface area contributed by atoms with Crippen LogP contribution in [0.5, 0.6) is 0 Å². The van der Waals surface area contributed by atoms with Crippen molar-refractivity contribution in [2.24, 2.45) is 10.9 Å². The van der Waals surface area contributed by atoms with Gasteiger partial charge in [0, 0.05) is 5.56 Å². The van der Waals surface area contributed by atoms with Gasteiger partial charge in [-0.2, -0.15) is 0 Å². The Morgan fingerprint density at radius 3 is 2.81 bits per heavy atom. The fourth-order valence-corrected chi connectivity index (χ4v) is 1.90. The molecule has 0 aliphatic carbocycles. The average Bonchev–Trinajstić information content (AvgIpc) is 2.71. The first kappa shape index (κ1) is 11.6. The standard InChI is InChI=1S/C12H13BrFNO/c1-7(2)11-6-16-12(15-11)8-3-4-10(14)9(13)5-8/h3-5,7,11H,6H2,1-2H3/t11-/m1/s1. The van der Waals surface area contributed by atoms with Crippen LogP contribution in [0.2, 0.25) is 0 Å². The van der Waals surface area contributed by atoms with Crippen LogP contribution in [0.3, 0.4) is 0 Å². The van der Waals surface area contributed by atoms with E-state index in [1.807, 2.05) is 0 Å². The van der Waals surface area contributed by atoms with Gasteiger partial charge >= 0.3 is 0 Å². The summed E-state index contributed by atoms with van der Waals surface area (Å²) in [4.78, 5) is 4.48. The Morgan fingerprint density at radius 2 is 2.25 bits per heavy atom. The third kappa shape index (κ3) is 2.26. The van der Waals surface area contributed by atoms with E-state index in [0.717, 1.165) is 5.56 Å².